The zero-order chi connectivity index (χ0) is 27.6. The van der Waals surface area contributed by atoms with Crippen molar-refractivity contribution in [3.05, 3.63) is 22.4 Å². The predicted molar refractivity (Wildman–Crippen MR) is 147 cm³/mol. The summed E-state index contributed by atoms with van der Waals surface area (Å²) >= 11 is 2.74. The Kier molecular flexibility index (Phi) is 11.1. The van der Waals surface area contributed by atoms with Gasteiger partial charge in [-0.25, -0.2) is 24.9 Å². The van der Waals surface area contributed by atoms with Crippen molar-refractivity contribution in [3.8, 4) is 0 Å². The van der Waals surface area contributed by atoms with Gasteiger partial charge in [0.25, 0.3) is 0 Å². The van der Waals surface area contributed by atoms with Gasteiger partial charge in [-0.1, -0.05) is 37.4 Å². The van der Waals surface area contributed by atoms with Crippen molar-refractivity contribution in [1.29, 1.82) is 0 Å². The standard InChI is InChI=1S/C25H36FN7O4S2/c1-32(15-19-27-10-12-39-19)23-21(26)22(28-25(29-23)38-2)30-31-24(35)18(13-17-7-3-4-8-17)14-33(16-34)37-20-9-5-6-11-36-20/h10,12,16-18,20H,3-9,11,13-15H2,1-2H3,(H,31,35)(H,28,29,30)/t18-,20?/m1/s1. The second-order valence-corrected chi connectivity index (χ2v) is 11.5. The molecule has 1 unspecified atom stereocenters. The van der Waals surface area contributed by atoms with Gasteiger partial charge in [0.1, 0.15) is 5.01 Å². The van der Waals surface area contributed by atoms with Gasteiger partial charge in [0, 0.05) is 31.7 Å². The van der Waals surface area contributed by atoms with Crippen LogP contribution in [0.5, 0.6) is 0 Å². The normalized spacial score (nSPS) is 18.5. The van der Waals surface area contributed by atoms with Gasteiger partial charge in [0.05, 0.1) is 19.0 Å². The van der Waals surface area contributed by atoms with Crippen LogP contribution >= 0.6 is 23.1 Å². The quantitative estimate of drug-likeness (QED) is 0.147. The second-order valence-electron chi connectivity index (χ2n) is 9.78. The number of hydrogen-bond donors (Lipinski definition) is 2. The molecule has 1 aliphatic carbocycles. The summed E-state index contributed by atoms with van der Waals surface area (Å²) in [5, 5.41) is 4.18. The summed E-state index contributed by atoms with van der Waals surface area (Å²) in [6.45, 7) is 1.02. The minimum atomic E-state index is -0.688. The van der Waals surface area contributed by atoms with E-state index in [0.717, 1.165) is 48.6 Å². The van der Waals surface area contributed by atoms with Crippen molar-refractivity contribution in [2.24, 2.45) is 11.8 Å². The Morgan fingerprint density at radius 1 is 1.31 bits per heavy atom. The first-order valence-electron chi connectivity index (χ1n) is 13.2. The van der Waals surface area contributed by atoms with Crippen LogP contribution in [-0.4, -0.2) is 65.1 Å². The molecule has 11 nitrogen and oxygen atoms in total. The maximum atomic E-state index is 15.5. The van der Waals surface area contributed by atoms with E-state index in [1.54, 1.807) is 24.4 Å². The number of halogens is 1. The molecule has 2 N–H and O–H groups in total. The summed E-state index contributed by atoms with van der Waals surface area (Å²) in [5.41, 5.74) is 5.29. The molecular weight excluding hydrogens is 545 g/mol. The van der Waals surface area contributed by atoms with E-state index in [4.69, 9.17) is 9.57 Å². The number of nitrogens with zero attached hydrogens (tertiary/aromatic N) is 5. The summed E-state index contributed by atoms with van der Waals surface area (Å²) in [4.78, 5) is 45.3. The number of rotatable bonds is 14. The third-order valence-electron chi connectivity index (χ3n) is 6.89. The van der Waals surface area contributed by atoms with Crippen LogP contribution in [0.25, 0.3) is 0 Å². The van der Waals surface area contributed by atoms with Crippen molar-refractivity contribution in [3.63, 3.8) is 0 Å². The Balaban J connectivity index is 1.44. The lowest BCUT2D eigenvalue weighted by molar-refractivity contribution is -0.276. The number of aromatic nitrogens is 3. The van der Waals surface area contributed by atoms with E-state index in [2.05, 4.69) is 25.8 Å². The maximum absolute atomic E-state index is 15.5. The van der Waals surface area contributed by atoms with Crippen LogP contribution in [0.3, 0.4) is 0 Å². The molecule has 4 rings (SSSR count). The monoisotopic (exact) mass is 581 g/mol. The summed E-state index contributed by atoms with van der Waals surface area (Å²) in [7, 11) is 1.72. The number of thiazole rings is 1. The molecule has 1 saturated carbocycles. The molecule has 39 heavy (non-hydrogen) atoms. The van der Waals surface area contributed by atoms with E-state index < -0.39 is 18.0 Å². The van der Waals surface area contributed by atoms with E-state index in [-0.39, 0.29) is 24.1 Å². The summed E-state index contributed by atoms with van der Waals surface area (Å²) in [6, 6.07) is 0. The SMILES string of the molecule is CSc1nc(NNC(=O)[C@H](CC2CCCC2)CN(C=O)OC2CCCCO2)c(F)c(N(C)Cc2nccs2)n1. The molecule has 2 fully saturated rings. The number of nitrogens with one attached hydrogen (secondary N) is 2. The minimum absolute atomic E-state index is 0.0670. The molecule has 0 bridgehead atoms. The molecule has 0 radical (unpaired) electrons. The fraction of sp³-hybridized carbons (Fsp3) is 0.640. The molecule has 2 aromatic rings. The van der Waals surface area contributed by atoms with Crippen LogP contribution < -0.4 is 15.8 Å². The Morgan fingerprint density at radius 2 is 2.10 bits per heavy atom. The predicted octanol–water partition coefficient (Wildman–Crippen LogP) is 3.99. The number of hydrazine groups is 1. The van der Waals surface area contributed by atoms with Gasteiger partial charge in [0.2, 0.25) is 18.1 Å². The number of thioether (sulfide) groups is 1. The Hall–Kier alpha value is -2.55. The average molecular weight is 582 g/mol. The van der Waals surface area contributed by atoms with Crippen LogP contribution in [0.2, 0.25) is 0 Å². The molecule has 214 valence electrons. The molecule has 2 aliphatic rings. The number of hydrogen-bond acceptors (Lipinski definition) is 11. The number of hydroxylamine groups is 2. The highest BCUT2D eigenvalue weighted by molar-refractivity contribution is 7.98. The highest BCUT2D eigenvalue weighted by Gasteiger charge is 2.29. The van der Waals surface area contributed by atoms with Gasteiger partial charge in [-0.15, -0.1) is 11.3 Å². The first-order valence-corrected chi connectivity index (χ1v) is 15.3. The van der Waals surface area contributed by atoms with E-state index in [9.17, 15) is 9.59 Å². The number of carbonyl (C=O) groups is 2. The molecular formula is C25H36FN7O4S2. The Morgan fingerprint density at radius 3 is 2.77 bits per heavy atom. The van der Waals surface area contributed by atoms with Crippen molar-refractivity contribution >= 4 is 47.1 Å². The van der Waals surface area contributed by atoms with E-state index in [1.807, 2.05) is 5.38 Å². The molecule has 1 saturated heterocycles. The van der Waals surface area contributed by atoms with E-state index in [0.29, 0.717) is 43.5 Å². The number of anilines is 2. The van der Waals surface area contributed by atoms with Gasteiger partial charge in [0.15, 0.2) is 23.1 Å². The second kappa shape index (κ2) is 14.7. The van der Waals surface area contributed by atoms with Crippen LogP contribution in [0, 0.1) is 17.7 Å². The van der Waals surface area contributed by atoms with Crippen LogP contribution in [0.1, 0.15) is 56.4 Å². The molecule has 0 spiro atoms. The van der Waals surface area contributed by atoms with Crippen molar-refractivity contribution in [1.82, 2.24) is 25.4 Å². The van der Waals surface area contributed by atoms with Crippen LogP contribution in [-0.2, 0) is 25.7 Å². The largest absolute Gasteiger partial charge is 0.350 e. The first kappa shape index (κ1) is 29.4. The van der Waals surface area contributed by atoms with Crippen molar-refractivity contribution in [2.75, 3.05) is 36.8 Å². The van der Waals surface area contributed by atoms with Gasteiger partial charge in [-0.05, 0) is 31.4 Å². The summed E-state index contributed by atoms with van der Waals surface area (Å²) in [5.74, 6) is -1.29. The molecule has 14 heteroatoms. The number of ether oxygens (including phenoxy) is 1. The van der Waals surface area contributed by atoms with Gasteiger partial charge < -0.3 is 9.64 Å². The topological polar surface area (TPSA) is 122 Å². The van der Waals surface area contributed by atoms with Crippen molar-refractivity contribution in [2.45, 2.75) is 69.4 Å². The third kappa shape index (κ3) is 8.47. The molecule has 1 aliphatic heterocycles. The molecule has 3 heterocycles. The zero-order valence-electron chi connectivity index (χ0n) is 22.3. The Bertz CT molecular complexity index is 1070. The average Bonchev–Trinajstić information content (AvgIpc) is 3.66. The molecule has 2 aromatic heterocycles. The summed E-state index contributed by atoms with van der Waals surface area (Å²) in [6.07, 6.45) is 11.1. The van der Waals surface area contributed by atoms with Crippen LogP contribution in [0.15, 0.2) is 16.7 Å². The Labute approximate surface area is 236 Å². The van der Waals surface area contributed by atoms with Gasteiger partial charge >= 0.3 is 0 Å². The lowest BCUT2D eigenvalue weighted by atomic mass is 9.92. The lowest BCUT2D eigenvalue weighted by Gasteiger charge is -2.30. The first-order chi connectivity index (χ1) is 19.0. The third-order valence-corrected chi connectivity index (χ3v) is 8.20. The fourth-order valence-electron chi connectivity index (χ4n) is 4.86. The molecule has 0 aromatic carbocycles. The molecule has 2 atom stereocenters. The van der Waals surface area contributed by atoms with Gasteiger partial charge in [-0.2, -0.15) is 4.39 Å². The van der Waals surface area contributed by atoms with Gasteiger partial charge in [-0.3, -0.25) is 20.4 Å². The lowest BCUT2D eigenvalue weighted by Crippen LogP contribution is -2.43. The number of amides is 2. The highest BCUT2D eigenvalue weighted by atomic mass is 32.2. The van der Waals surface area contributed by atoms with E-state index in [1.165, 1.54) is 23.1 Å². The summed E-state index contributed by atoms with van der Waals surface area (Å²) < 4.78 is 21.1. The minimum Gasteiger partial charge on any atom is -0.350 e. The highest BCUT2D eigenvalue weighted by Crippen LogP contribution is 2.31. The maximum Gasteiger partial charge on any atom is 0.243 e. The fourth-order valence-corrected chi connectivity index (χ4v) is 5.89. The molecule has 2 amide bonds. The van der Waals surface area contributed by atoms with E-state index >= 15 is 4.39 Å². The van der Waals surface area contributed by atoms with Crippen molar-refractivity contribution < 1.29 is 23.6 Å². The number of carbonyl (C=O) groups excluding carboxylic acids is 2. The smallest absolute Gasteiger partial charge is 0.243 e. The zero-order valence-corrected chi connectivity index (χ0v) is 23.9. The van der Waals surface area contributed by atoms with Crippen LogP contribution in [0.4, 0.5) is 16.0 Å².